The number of rotatable bonds is 9. The minimum Gasteiger partial charge on any atom is -0.497 e. The van der Waals surface area contributed by atoms with E-state index < -0.39 is 5.56 Å². The lowest BCUT2D eigenvalue weighted by Crippen LogP contribution is -2.25. The van der Waals surface area contributed by atoms with Crippen molar-refractivity contribution in [2.24, 2.45) is 4.99 Å². The molecule has 0 saturated carbocycles. The van der Waals surface area contributed by atoms with Crippen molar-refractivity contribution in [2.45, 2.75) is 19.5 Å². The Kier molecular flexibility index (Phi) is 8.12. The zero-order valence-corrected chi connectivity index (χ0v) is 18.2. The highest BCUT2D eigenvalue weighted by Crippen LogP contribution is 2.22. The number of likely N-dealkylation sites (N-methyl/N-ethyl adjacent to an activating group) is 1. The molecule has 1 aromatic heterocycles. The molecule has 0 unspecified atom stereocenters. The van der Waals surface area contributed by atoms with Crippen molar-refractivity contribution in [3.8, 4) is 11.6 Å². The van der Waals surface area contributed by atoms with Crippen LogP contribution in [-0.2, 0) is 11.3 Å². The monoisotopic (exact) mass is 420 g/mol. The number of nitrogens with zero attached hydrogens (tertiary/aromatic N) is 3. The van der Waals surface area contributed by atoms with Gasteiger partial charge in [0.15, 0.2) is 4.77 Å². The summed E-state index contributed by atoms with van der Waals surface area (Å²) in [7, 11) is 7.12. The van der Waals surface area contributed by atoms with E-state index in [0.29, 0.717) is 25.4 Å². The molecule has 0 aliphatic heterocycles. The lowest BCUT2D eigenvalue weighted by atomic mass is 10.1. The highest BCUT2D eigenvalue weighted by molar-refractivity contribution is 7.71. The van der Waals surface area contributed by atoms with Crippen LogP contribution in [0.4, 0.5) is 0 Å². The predicted molar refractivity (Wildman–Crippen MR) is 116 cm³/mol. The smallest absolute Gasteiger partial charge is 0.264 e. The van der Waals surface area contributed by atoms with E-state index >= 15 is 0 Å². The van der Waals surface area contributed by atoms with Crippen LogP contribution in [0.3, 0.4) is 0 Å². The fourth-order valence-electron chi connectivity index (χ4n) is 2.97. The van der Waals surface area contributed by atoms with Crippen LogP contribution in [0.5, 0.6) is 11.6 Å². The molecule has 1 atom stereocenters. The van der Waals surface area contributed by atoms with Gasteiger partial charge in [-0.2, -0.15) is 0 Å². The van der Waals surface area contributed by atoms with Crippen molar-refractivity contribution in [3.05, 3.63) is 50.5 Å². The number of nitrogens with one attached hydrogen (secondary N) is 1. The summed E-state index contributed by atoms with van der Waals surface area (Å²) in [6, 6.07) is 7.78. The van der Waals surface area contributed by atoms with E-state index in [1.807, 2.05) is 43.3 Å². The quantitative estimate of drug-likeness (QED) is 0.478. The molecule has 0 amide bonds. The second-order valence-corrected chi connectivity index (χ2v) is 7.17. The molecule has 1 heterocycles. The van der Waals surface area contributed by atoms with E-state index in [-0.39, 0.29) is 22.3 Å². The van der Waals surface area contributed by atoms with E-state index in [2.05, 4.69) is 9.98 Å². The molecule has 9 heteroatoms. The van der Waals surface area contributed by atoms with Crippen LogP contribution in [0.15, 0.2) is 34.1 Å². The fourth-order valence-corrected chi connectivity index (χ4v) is 3.24. The van der Waals surface area contributed by atoms with Gasteiger partial charge in [-0.15, -0.1) is 0 Å². The molecule has 0 spiro atoms. The Hall–Kier alpha value is -2.49. The summed E-state index contributed by atoms with van der Waals surface area (Å²) in [4.78, 5) is 21.7. The number of aromatic nitrogens is 2. The Morgan fingerprint density at radius 1 is 1.31 bits per heavy atom. The van der Waals surface area contributed by atoms with Gasteiger partial charge in [0.05, 0.1) is 32.8 Å². The number of aromatic hydroxyl groups is 1. The molecule has 8 nitrogen and oxygen atoms in total. The van der Waals surface area contributed by atoms with Crippen molar-refractivity contribution in [3.63, 3.8) is 0 Å². The number of H-pyrrole nitrogens is 1. The number of aromatic amines is 1. The van der Waals surface area contributed by atoms with Crippen molar-refractivity contribution in [1.82, 2.24) is 14.5 Å². The third kappa shape index (κ3) is 5.53. The Balaban J connectivity index is 2.35. The van der Waals surface area contributed by atoms with Crippen molar-refractivity contribution in [2.75, 3.05) is 41.5 Å². The third-order valence-corrected chi connectivity index (χ3v) is 5.00. The van der Waals surface area contributed by atoms with Crippen LogP contribution in [0, 0.1) is 4.77 Å². The summed E-state index contributed by atoms with van der Waals surface area (Å²) in [5.74, 6) is 0.579. The highest BCUT2D eigenvalue weighted by Gasteiger charge is 2.18. The fraction of sp³-hybridized carbons (Fsp3) is 0.450. The summed E-state index contributed by atoms with van der Waals surface area (Å²) in [6.07, 6.45) is 0. The Labute approximate surface area is 175 Å². The molecule has 0 radical (unpaired) electrons. The van der Waals surface area contributed by atoms with Gasteiger partial charge in [-0.1, -0.05) is 12.1 Å². The molecule has 2 aromatic rings. The minimum absolute atomic E-state index is 0.00378. The summed E-state index contributed by atoms with van der Waals surface area (Å²) in [5.41, 5.74) is 1.15. The zero-order valence-electron chi connectivity index (χ0n) is 17.4. The highest BCUT2D eigenvalue weighted by atomic mass is 32.1. The van der Waals surface area contributed by atoms with Crippen molar-refractivity contribution >= 4 is 17.9 Å². The maximum Gasteiger partial charge on any atom is 0.264 e. The van der Waals surface area contributed by atoms with Crippen LogP contribution in [0.1, 0.15) is 24.1 Å². The predicted octanol–water partition coefficient (Wildman–Crippen LogP) is 2.38. The largest absolute Gasteiger partial charge is 0.497 e. The van der Waals surface area contributed by atoms with Crippen molar-refractivity contribution in [1.29, 1.82) is 0 Å². The van der Waals surface area contributed by atoms with Gasteiger partial charge in [0, 0.05) is 12.8 Å². The molecule has 0 aliphatic carbocycles. The average molecular weight is 421 g/mol. The summed E-state index contributed by atoms with van der Waals surface area (Å²) in [5, 5.41) is 10.6. The molecule has 2 N–H and O–H groups in total. The van der Waals surface area contributed by atoms with Gasteiger partial charge in [0.25, 0.3) is 5.56 Å². The van der Waals surface area contributed by atoms with Gasteiger partial charge in [0.1, 0.15) is 11.3 Å². The van der Waals surface area contributed by atoms with Gasteiger partial charge in [-0.25, -0.2) is 0 Å². The van der Waals surface area contributed by atoms with Crippen molar-refractivity contribution < 1.29 is 14.6 Å². The second kappa shape index (κ2) is 10.3. The molecule has 2 rings (SSSR count). The first kappa shape index (κ1) is 22.8. The molecule has 0 aliphatic rings. The van der Waals surface area contributed by atoms with Gasteiger partial charge in [-0.3, -0.25) is 19.3 Å². The van der Waals surface area contributed by atoms with Crippen LogP contribution in [0.2, 0.25) is 0 Å². The van der Waals surface area contributed by atoms with E-state index in [1.54, 1.807) is 21.1 Å². The number of methoxy groups -OCH3 is 2. The zero-order chi connectivity index (χ0) is 21.6. The van der Waals surface area contributed by atoms with Crippen LogP contribution >= 0.6 is 12.2 Å². The maximum atomic E-state index is 12.4. The summed E-state index contributed by atoms with van der Waals surface area (Å²) < 4.78 is 11.8. The number of aliphatic imine (C=N–C) groups is 1. The van der Waals surface area contributed by atoms with Gasteiger partial charge in [-0.05, 0) is 50.9 Å². The topological polar surface area (TPSA) is 92.1 Å². The number of benzene rings is 1. The summed E-state index contributed by atoms with van der Waals surface area (Å²) in [6.45, 7) is 2.79. The summed E-state index contributed by atoms with van der Waals surface area (Å²) >= 11 is 5.15. The van der Waals surface area contributed by atoms with E-state index in [4.69, 9.17) is 21.7 Å². The first-order chi connectivity index (χ1) is 13.8. The normalized spacial score (nSPS) is 13.0. The Morgan fingerprint density at radius 3 is 2.52 bits per heavy atom. The molecule has 0 saturated heterocycles. The van der Waals surface area contributed by atoms with Crippen LogP contribution in [-0.4, -0.2) is 66.7 Å². The van der Waals surface area contributed by atoms with Crippen LogP contribution in [0.25, 0.3) is 0 Å². The maximum absolute atomic E-state index is 12.4. The Morgan fingerprint density at radius 2 is 1.97 bits per heavy atom. The number of ether oxygens (including phenoxy) is 2. The lowest BCUT2D eigenvalue weighted by molar-refractivity contribution is 0.182. The SMILES string of the molecule is COCCn1c(O)c(C(C)=NC[C@H](c2ccc(OC)cc2)N(C)C)c(=O)[nH]c1=S. The molecule has 0 bridgehead atoms. The molecular formula is C20H28N4O4S. The first-order valence-electron chi connectivity index (χ1n) is 9.17. The average Bonchev–Trinajstić information content (AvgIpc) is 2.68. The lowest BCUT2D eigenvalue weighted by Gasteiger charge is -2.23. The van der Waals surface area contributed by atoms with Gasteiger partial charge in [0.2, 0.25) is 5.88 Å². The molecule has 158 valence electrons. The Bertz CT molecular complexity index is 964. The third-order valence-electron chi connectivity index (χ3n) is 4.68. The van der Waals surface area contributed by atoms with E-state index in [9.17, 15) is 9.90 Å². The standard InChI is InChI=1S/C20H28N4O4S/c1-13(17-18(25)22-20(29)24(19(17)26)10-11-27-4)21-12-16(23(2)3)14-6-8-15(28-5)9-7-14/h6-9,16,26H,10-12H2,1-5H3,(H,22,25,29)/t16-/m1/s1. The number of hydrogen-bond acceptors (Lipinski definition) is 7. The van der Waals surface area contributed by atoms with Gasteiger partial charge >= 0.3 is 0 Å². The molecule has 1 aromatic carbocycles. The van der Waals surface area contributed by atoms with Gasteiger partial charge < -0.3 is 19.5 Å². The van der Waals surface area contributed by atoms with E-state index in [1.165, 1.54) is 4.57 Å². The molecular weight excluding hydrogens is 392 g/mol. The van der Waals surface area contributed by atoms with Crippen LogP contribution < -0.4 is 10.3 Å². The number of hydrogen-bond donors (Lipinski definition) is 2. The molecule has 29 heavy (non-hydrogen) atoms. The second-order valence-electron chi connectivity index (χ2n) is 6.78. The molecule has 0 fully saturated rings. The first-order valence-corrected chi connectivity index (χ1v) is 9.57. The van der Waals surface area contributed by atoms with E-state index in [0.717, 1.165) is 11.3 Å². The minimum atomic E-state index is -0.465.